The summed E-state index contributed by atoms with van der Waals surface area (Å²) in [6.45, 7) is 8.37. The van der Waals surface area contributed by atoms with E-state index >= 15 is 0 Å². The first-order valence-corrected chi connectivity index (χ1v) is 6.27. The molecular weight excluding hydrogens is 234 g/mol. The molecule has 92 valence electrons. The van der Waals surface area contributed by atoms with E-state index in [1.54, 1.807) is 23.2 Å². The molecule has 0 N–H and O–H groups in total. The Bertz CT molecular complexity index is 390. The number of carbonyl (C=O) groups is 1. The zero-order valence-electron chi connectivity index (χ0n) is 10.0. The molecule has 0 spiro atoms. The second kappa shape index (κ2) is 6.96. The number of hydrogen-bond donors (Lipinski definition) is 0. The molecule has 0 saturated carbocycles. The molecule has 0 aliphatic rings. The van der Waals surface area contributed by atoms with Gasteiger partial charge in [0.25, 0.3) is 0 Å². The number of aryl methyl sites for hydroxylation is 1. The average Bonchev–Trinajstić information content (AvgIpc) is 2.71. The normalized spacial score (nSPS) is 9.94. The van der Waals surface area contributed by atoms with Crippen LogP contribution in [0.5, 0.6) is 0 Å². The molecule has 5 heteroatoms. The summed E-state index contributed by atoms with van der Waals surface area (Å²) in [4.78, 5) is 17.8. The monoisotopic (exact) mass is 251 g/mol. The largest absolute Gasteiger partial charge is 0.335 e. The van der Waals surface area contributed by atoms with Crippen molar-refractivity contribution in [3.63, 3.8) is 0 Å². The van der Waals surface area contributed by atoms with Gasteiger partial charge in [0.2, 0.25) is 5.91 Å². The molecule has 4 nitrogen and oxygen atoms in total. The minimum atomic E-state index is 0.0674. The third-order valence-electron chi connectivity index (χ3n) is 2.15. The van der Waals surface area contributed by atoms with Crippen LogP contribution < -0.4 is 0 Å². The minimum absolute atomic E-state index is 0.0674. The zero-order valence-corrected chi connectivity index (χ0v) is 10.8. The van der Waals surface area contributed by atoms with Gasteiger partial charge in [0.1, 0.15) is 0 Å². The lowest BCUT2D eigenvalue weighted by atomic mass is 10.4. The Morgan fingerprint density at radius 2 is 2.18 bits per heavy atom. The van der Waals surface area contributed by atoms with Crippen LogP contribution in [0.1, 0.15) is 0 Å². The lowest BCUT2D eigenvalue weighted by Crippen LogP contribution is -2.32. The van der Waals surface area contributed by atoms with Crippen molar-refractivity contribution < 1.29 is 4.79 Å². The number of rotatable bonds is 7. The van der Waals surface area contributed by atoms with Crippen LogP contribution in [-0.4, -0.2) is 39.2 Å². The Labute approximate surface area is 106 Å². The van der Waals surface area contributed by atoms with E-state index in [1.807, 2.05) is 17.8 Å². The molecule has 1 amide bonds. The van der Waals surface area contributed by atoms with Gasteiger partial charge in [-0.05, 0) is 0 Å². The fraction of sp³-hybridized carbons (Fsp3) is 0.333. The number of amides is 1. The fourth-order valence-electron chi connectivity index (χ4n) is 1.30. The van der Waals surface area contributed by atoms with Crippen LogP contribution in [0.2, 0.25) is 0 Å². The van der Waals surface area contributed by atoms with Crippen LogP contribution in [0, 0.1) is 0 Å². The van der Waals surface area contributed by atoms with E-state index in [2.05, 4.69) is 18.1 Å². The van der Waals surface area contributed by atoms with Gasteiger partial charge in [-0.1, -0.05) is 23.9 Å². The summed E-state index contributed by atoms with van der Waals surface area (Å²) in [6.07, 6.45) is 7.01. The summed E-state index contributed by atoms with van der Waals surface area (Å²) < 4.78 is 1.89. The highest BCUT2D eigenvalue weighted by atomic mass is 32.2. The summed E-state index contributed by atoms with van der Waals surface area (Å²) in [5, 5.41) is 0.843. The van der Waals surface area contributed by atoms with Gasteiger partial charge in [-0.15, -0.1) is 13.2 Å². The number of aromatic nitrogens is 2. The summed E-state index contributed by atoms with van der Waals surface area (Å²) in [7, 11) is 1.91. The van der Waals surface area contributed by atoms with Crippen molar-refractivity contribution in [1.82, 2.24) is 14.5 Å². The Morgan fingerprint density at radius 1 is 1.53 bits per heavy atom. The molecule has 0 fully saturated rings. The van der Waals surface area contributed by atoms with Crippen LogP contribution in [0.3, 0.4) is 0 Å². The highest BCUT2D eigenvalue weighted by molar-refractivity contribution is 7.99. The van der Waals surface area contributed by atoms with E-state index in [0.29, 0.717) is 18.8 Å². The van der Waals surface area contributed by atoms with E-state index in [0.717, 1.165) is 5.16 Å². The van der Waals surface area contributed by atoms with Crippen molar-refractivity contribution in [2.75, 3.05) is 18.8 Å². The maximum atomic E-state index is 11.9. The molecule has 0 bridgehead atoms. The van der Waals surface area contributed by atoms with E-state index in [4.69, 9.17) is 0 Å². The molecule has 0 atom stereocenters. The molecule has 0 aliphatic heterocycles. The van der Waals surface area contributed by atoms with Gasteiger partial charge < -0.3 is 9.47 Å². The maximum Gasteiger partial charge on any atom is 0.233 e. The Hall–Kier alpha value is -1.49. The highest BCUT2D eigenvalue weighted by Gasteiger charge is 2.12. The van der Waals surface area contributed by atoms with Crippen LogP contribution in [-0.2, 0) is 11.8 Å². The first-order chi connectivity index (χ1) is 8.19. The molecule has 1 rings (SSSR count). The number of nitrogens with zero attached hydrogens (tertiary/aromatic N) is 3. The van der Waals surface area contributed by atoms with E-state index in [1.165, 1.54) is 11.8 Å². The lowest BCUT2D eigenvalue weighted by molar-refractivity contribution is -0.127. The van der Waals surface area contributed by atoms with Crippen LogP contribution in [0.15, 0.2) is 42.9 Å². The Kier molecular flexibility index (Phi) is 5.56. The molecule has 1 heterocycles. The third-order valence-corrected chi connectivity index (χ3v) is 3.20. The van der Waals surface area contributed by atoms with Gasteiger partial charge in [0.05, 0.1) is 5.75 Å². The van der Waals surface area contributed by atoms with Crippen molar-refractivity contribution in [1.29, 1.82) is 0 Å². The third kappa shape index (κ3) is 4.11. The van der Waals surface area contributed by atoms with Crippen molar-refractivity contribution in [2.24, 2.45) is 7.05 Å². The van der Waals surface area contributed by atoms with Crippen molar-refractivity contribution >= 4 is 17.7 Å². The van der Waals surface area contributed by atoms with Crippen LogP contribution >= 0.6 is 11.8 Å². The number of hydrogen-bond acceptors (Lipinski definition) is 3. The van der Waals surface area contributed by atoms with Crippen LogP contribution in [0.25, 0.3) is 0 Å². The zero-order chi connectivity index (χ0) is 12.7. The minimum Gasteiger partial charge on any atom is -0.335 e. The second-order valence-electron chi connectivity index (χ2n) is 3.49. The summed E-state index contributed by atoms with van der Waals surface area (Å²) in [6, 6.07) is 0. The summed E-state index contributed by atoms with van der Waals surface area (Å²) in [5.74, 6) is 0.449. The first kappa shape index (κ1) is 13.6. The average molecular weight is 251 g/mol. The summed E-state index contributed by atoms with van der Waals surface area (Å²) in [5.41, 5.74) is 0. The predicted octanol–water partition coefficient (Wildman–Crippen LogP) is 1.71. The smallest absolute Gasteiger partial charge is 0.233 e. The Morgan fingerprint density at radius 3 is 2.65 bits per heavy atom. The molecular formula is C12H17N3OS. The van der Waals surface area contributed by atoms with Gasteiger partial charge in [0, 0.05) is 32.5 Å². The fourth-order valence-corrected chi connectivity index (χ4v) is 2.13. The van der Waals surface area contributed by atoms with Gasteiger partial charge in [-0.2, -0.15) is 0 Å². The van der Waals surface area contributed by atoms with Crippen molar-refractivity contribution in [3.05, 3.63) is 37.7 Å². The first-order valence-electron chi connectivity index (χ1n) is 5.28. The van der Waals surface area contributed by atoms with Gasteiger partial charge in [-0.25, -0.2) is 4.98 Å². The standard InChI is InChI=1S/C12H17N3OS/c1-4-7-15(8-5-2)11(16)10-17-12-13-6-9-14(12)3/h4-6,9H,1-2,7-8,10H2,3H3. The van der Waals surface area contributed by atoms with E-state index in [9.17, 15) is 4.79 Å². The SMILES string of the molecule is C=CCN(CC=C)C(=O)CSc1nccn1C. The quantitative estimate of drug-likeness (QED) is 0.547. The van der Waals surface area contributed by atoms with E-state index in [-0.39, 0.29) is 5.91 Å². The topological polar surface area (TPSA) is 38.1 Å². The van der Waals surface area contributed by atoms with Gasteiger partial charge in [0.15, 0.2) is 5.16 Å². The molecule has 0 saturated heterocycles. The molecule has 0 unspecified atom stereocenters. The van der Waals surface area contributed by atoms with Gasteiger partial charge in [-0.3, -0.25) is 4.79 Å². The molecule has 1 aromatic heterocycles. The molecule has 0 radical (unpaired) electrons. The maximum absolute atomic E-state index is 11.9. The van der Waals surface area contributed by atoms with Crippen molar-refractivity contribution in [2.45, 2.75) is 5.16 Å². The molecule has 0 aromatic carbocycles. The van der Waals surface area contributed by atoms with Gasteiger partial charge >= 0.3 is 0 Å². The molecule has 17 heavy (non-hydrogen) atoms. The number of carbonyl (C=O) groups excluding carboxylic acids is 1. The second-order valence-corrected chi connectivity index (χ2v) is 4.43. The molecule has 1 aromatic rings. The van der Waals surface area contributed by atoms with Crippen LogP contribution in [0.4, 0.5) is 0 Å². The lowest BCUT2D eigenvalue weighted by Gasteiger charge is -2.18. The molecule has 0 aliphatic carbocycles. The summed E-state index contributed by atoms with van der Waals surface area (Å²) >= 11 is 1.43. The van der Waals surface area contributed by atoms with Crippen molar-refractivity contribution in [3.8, 4) is 0 Å². The number of thioether (sulfide) groups is 1. The predicted molar refractivity (Wildman–Crippen MR) is 70.9 cm³/mol. The van der Waals surface area contributed by atoms with E-state index < -0.39 is 0 Å². The number of imidazole rings is 1. The Balaban J connectivity index is 2.49. The highest BCUT2D eigenvalue weighted by Crippen LogP contribution is 2.14.